The van der Waals surface area contributed by atoms with Crippen molar-refractivity contribution in [2.24, 2.45) is 0 Å². The van der Waals surface area contributed by atoms with Crippen molar-refractivity contribution >= 4 is 22.9 Å². The first-order valence-corrected chi connectivity index (χ1v) is 13.3. The number of hydrogen-bond donors (Lipinski definition) is 2. The Bertz CT molecular complexity index is 1460. The normalized spacial score (nSPS) is 18.1. The maximum Gasteiger partial charge on any atom is 0.217 e. The highest BCUT2D eigenvalue weighted by molar-refractivity contribution is 5.91. The van der Waals surface area contributed by atoms with Gasteiger partial charge in [0, 0.05) is 61.8 Å². The molecule has 0 bridgehead atoms. The zero-order chi connectivity index (χ0) is 26.3. The summed E-state index contributed by atoms with van der Waals surface area (Å²) in [4.78, 5) is 18.3. The molecule has 3 aromatic heterocycles. The van der Waals surface area contributed by atoms with Gasteiger partial charge in [0.2, 0.25) is 5.91 Å². The van der Waals surface area contributed by atoms with Crippen molar-refractivity contribution in [2.75, 3.05) is 36.9 Å². The first-order chi connectivity index (χ1) is 18.4. The molecule has 1 aromatic carbocycles. The number of benzene rings is 1. The van der Waals surface area contributed by atoms with E-state index in [9.17, 15) is 4.79 Å². The van der Waals surface area contributed by atoms with Gasteiger partial charge < -0.3 is 20.7 Å². The topological polar surface area (TPSA) is 116 Å². The first-order valence-electron chi connectivity index (χ1n) is 13.3. The lowest BCUT2D eigenvalue weighted by molar-refractivity contribution is -0.120. The molecular formula is C28H34N8O2. The minimum absolute atomic E-state index is 0.0262. The van der Waals surface area contributed by atoms with E-state index in [-0.39, 0.29) is 17.5 Å². The molecule has 0 radical (unpaired) electrons. The lowest BCUT2D eigenvalue weighted by Crippen LogP contribution is -2.52. The predicted molar refractivity (Wildman–Crippen MR) is 147 cm³/mol. The minimum Gasteiger partial charge on any atom is -0.382 e. The van der Waals surface area contributed by atoms with Crippen LogP contribution in [0.15, 0.2) is 48.9 Å². The van der Waals surface area contributed by atoms with Crippen LogP contribution in [0.2, 0.25) is 0 Å². The van der Waals surface area contributed by atoms with Crippen molar-refractivity contribution in [3.8, 4) is 22.5 Å². The Morgan fingerprint density at radius 2 is 1.89 bits per heavy atom. The van der Waals surface area contributed by atoms with Crippen LogP contribution in [0.1, 0.15) is 45.6 Å². The average molecular weight is 515 g/mol. The van der Waals surface area contributed by atoms with E-state index in [4.69, 9.17) is 10.5 Å². The lowest BCUT2D eigenvalue weighted by Gasteiger charge is -2.40. The number of fused-ring (bicyclic) bond motifs is 1. The molecule has 0 atom stereocenters. The molecule has 3 N–H and O–H groups in total. The third kappa shape index (κ3) is 4.49. The van der Waals surface area contributed by atoms with Gasteiger partial charge in [-0.15, -0.1) is 0 Å². The minimum atomic E-state index is -0.158. The van der Waals surface area contributed by atoms with Crippen LogP contribution >= 0.6 is 0 Å². The molecule has 0 saturated carbocycles. The van der Waals surface area contributed by atoms with Gasteiger partial charge in [-0.1, -0.05) is 12.1 Å². The molecular weight excluding hydrogens is 480 g/mol. The molecule has 198 valence electrons. The van der Waals surface area contributed by atoms with E-state index in [2.05, 4.69) is 67.3 Å². The van der Waals surface area contributed by atoms with Crippen LogP contribution in [-0.4, -0.2) is 62.1 Å². The van der Waals surface area contributed by atoms with Crippen LogP contribution in [0.3, 0.4) is 0 Å². The fourth-order valence-corrected chi connectivity index (χ4v) is 5.89. The highest BCUT2D eigenvalue weighted by atomic mass is 16.5. The molecule has 0 aliphatic carbocycles. The Hall–Kier alpha value is -3.92. The summed E-state index contributed by atoms with van der Waals surface area (Å²) in [6.07, 6.45) is 7.00. The van der Waals surface area contributed by atoms with Crippen molar-refractivity contribution < 1.29 is 9.53 Å². The summed E-state index contributed by atoms with van der Waals surface area (Å²) in [6.45, 7) is 6.95. The maximum atomic E-state index is 11.6. The third-order valence-electron chi connectivity index (χ3n) is 7.92. The Kier molecular flexibility index (Phi) is 6.27. The van der Waals surface area contributed by atoms with Crippen molar-refractivity contribution in [3.05, 3.63) is 48.9 Å². The summed E-state index contributed by atoms with van der Waals surface area (Å²) >= 11 is 0. The van der Waals surface area contributed by atoms with Crippen LogP contribution in [0.25, 0.3) is 28.0 Å². The number of carbonyl (C=O) groups excluding carboxylic acids is 1. The fraction of sp³-hybridized carbons (Fsp3) is 0.429. The summed E-state index contributed by atoms with van der Waals surface area (Å²) in [5.74, 6) is 0.462. The zero-order valence-electron chi connectivity index (χ0n) is 21.9. The number of nitrogens with one attached hydrogen (secondary N) is 1. The third-order valence-corrected chi connectivity index (χ3v) is 7.92. The molecule has 2 fully saturated rings. The van der Waals surface area contributed by atoms with Crippen molar-refractivity contribution in [2.45, 2.75) is 51.1 Å². The van der Waals surface area contributed by atoms with E-state index in [1.807, 2.05) is 16.8 Å². The van der Waals surface area contributed by atoms with Gasteiger partial charge in [0.1, 0.15) is 11.8 Å². The van der Waals surface area contributed by atoms with Gasteiger partial charge >= 0.3 is 0 Å². The molecule has 0 spiro atoms. The molecule has 4 aromatic rings. The number of nitrogens with zero attached hydrogens (tertiary/aromatic N) is 6. The molecule has 2 saturated heterocycles. The van der Waals surface area contributed by atoms with Crippen LogP contribution in [0.5, 0.6) is 0 Å². The lowest BCUT2D eigenvalue weighted by atomic mass is 9.89. The largest absolute Gasteiger partial charge is 0.382 e. The van der Waals surface area contributed by atoms with Crippen LogP contribution in [0, 0.1) is 0 Å². The van der Waals surface area contributed by atoms with Gasteiger partial charge in [-0.3, -0.25) is 9.48 Å². The number of anilines is 2. The number of piperidine rings is 1. The van der Waals surface area contributed by atoms with Gasteiger partial charge in [-0.25, -0.2) is 9.50 Å². The standard InChI is InChI=1S/C28H34N8O2/c1-19(37)33-28(2)9-12-34(13-10-28)22-5-3-4-20(16-22)25-17-23(26-27(29)30-18-32-36(25)26)24-6-11-31-35(24)21-7-14-38-15-8-21/h3-6,11,16-18,21H,7-10,12-15H2,1-2H3,(H,33,37)(H2,29,30,32). The van der Waals surface area contributed by atoms with Gasteiger partial charge in [-0.2, -0.15) is 10.2 Å². The summed E-state index contributed by atoms with van der Waals surface area (Å²) in [7, 11) is 0. The number of nitrogen functional groups attached to an aromatic ring is 1. The van der Waals surface area contributed by atoms with Gasteiger partial charge in [0.15, 0.2) is 5.82 Å². The van der Waals surface area contributed by atoms with Crippen molar-refractivity contribution in [3.63, 3.8) is 0 Å². The predicted octanol–water partition coefficient (Wildman–Crippen LogP) is 3.69. The molecule has 10 nitrogen and oxygen atoms in total. The van der Waals surface area contributed by atoms with E-state index in [0.29, 0.717) is 5.82 Å². The molecule has 2 aliphatic heterocycles. The number of ether oxygens (including phenoxy) is 1. The number of rotatable bonds is 5. The number of amides is 1. The molecule has 1 amide bonds. The summed E-state index contributed by atoms with van der Waals surface area (Å²) in [5, 5.41) is 12.4. The summed E-state index contributed by atoms with van der Waals surface area (Å²) in [5.41, 5.74) is 12.2. The average Bonchev–Trinajstić information content (AvgIpc) is 3.55. The highest BCUT2D eigenvalue weighted by Gasteiger charge is 2.31. The van der Waals surface area contributed by atoms with Crippen molar-refractivity contribution in [1.82, 2.24) is 29.7 Å². The smallest absolute Gasteiger partial charge is 0.217 e. The monoisotopic (exact) mass is 514 g/mol. The van der Waals surface area contributed by atoms with E-state index >= 15 is 0 Å². The number of hydrogen-bond acceptors (Lipinski definition) is 7. The molecule has 10 heteroatoms. The SMILES string of the molecule is CC(=O)NC1(C)CCN(c2cccc(-c3cc(-c4ccnn4C4CCOCC4)c4c(N)ncnn34)c2)CC1. The highest BCUT2D eigenvalue weighted by Crippen LogP contribution is 2.38. The first kappa shape index (κ1) is 24.4. The Labute approximate surface area is 221 Å². The summed E-state index contributed by atoms with van der Waals surface area (Å²) in [6, 6.07) is 13.0. The second-order valence-corrected chi connectivity index (χ2v) is 10.6. The van der Waals surface area contributed by atoms with Gasteiger partial charge in [0.25, 0.3) is 0 Å². The van der Waals surface area contributed by atoms with E-state index in [1.54, 1.807) is 6.92 Å². The van der Waals surface area contributed by atoms with Crippen LogP contribution in [-0.2, 0) is 9.53 Å². The summed E-state index contributed by atoms with van der Waals surface area (Å²) < 4.78 is 9.57. The van der Waals surface area contributed by atoms with Crippen molar-refractivity contribution in [1.29, 1.82) is 0 Å². The molecule has 5 heterocycles. The van der Waals surface area contributed by atoms with Gasteiger partial charge in [-0.05, 0) is 56.9 Å². The Balaban J connectivity index is 1.36. The molecule has 2 aliphatic rings. The maximum absolute atomic E-state index is 11.6. The fourth-order valence-electron chi connectivity index (χ4n) is 5.89. The van der Waals surface area contributed by atoms with Gasteiger partial charge in [0.05, 0.1) is 17.4 Å². The second-order valence-electron chi connectivity index (χ2n) is 10.6. The number of carbonyl (C=O) groups is 1. The van der Waals surface area contributed by atoms with Crippen LogP contribution < -0.4 is 16.0 Å². The number of aromatic nitrogens is 5. The van der Waals surface area contributed by atoms with Crippen LogP contribution in [0.4, 0.5) is 11.5 Å². The van der Waals surface area contributed by atoms with E-state index in [0.717, 1.165) is 85.7 Å². The molecule has 0 unspecified atom stereocenters. The van der Waals surface area contributed by atoms with E-state index in [1.165, 1.54) is 6.33 Å². The molecule has 6 rings (SSSR count). The quantitative estimate of drug-likeness (QED) is 0.417. The number of nitrogens with two attached hydrogens (primary N) is 1. The van der Waals surface area contributed by atoms with E-state index < -0.39 is 0 Å². The zero-order valence-corrected chi connectivity index (χ0v) is 21.9. The Morgan fingerprint density at radius 1 is 1.11 bits per heavy atom. The second kappa shape index (κ2) is 9.75. The Morgan fingerprint density at radius 3 is 2.66 bits per heavy atom. The molecule has 38 heavy (non-hydrogen) atoms.